The molecule has 1 N–H and O–H groups in total. The maximum absolute atomic E-state index is 12.8. The van der Waals surface area contributed by atoms with Crippen LogP contribution in [0.5, 0.6) is 11.5 Å². The van der Waals surface area contributed by atoms with E-state index in [1.54, 1.807) is 55.6 Å². The van der Waals surface area contributed by atoms with Crippen LogP contribution in [0.3, 0.4) is 0 Å². The molecule has 7 nitrogen and oxygen atoms in total. The maximum atomic E-state index is 12.8. The van der Waals surface area contributed by atoms with Crippen LogP contribution in [0.15, 0.2) is 59.0 Å². The lowest BCUT2D eigenvalue weighted by molar-refractivity contribution is -0.121. The second kappa shape index (κ2) is 10.2. The molecule has 2 aromatic rings. The molecule has 8 heteroatoms. The first kappa shape index (κ1) is 23.1. The lowest BCUT2D eigenvalue weighted by Crippen LogP contribution is -2.23. The summed E-state index contributed by atoms with van der Waals surface area (Å²) in [5, 5.41) is 10.9. The lowest BCUT2D eigenvalue weighted by Gasteiger charge is -2.11. The Labute approximate surface area is 191 Å². The number of allylic oxidation sites excluding steroid dienone is 1. The van der Waals surface area contributed by atoms with Gasteiger partial charge >= 0.3 is 5.97 Å². The molecule has 0 bridgehead atoms. The summed E-state index contributed by atoms with van der Waals surface area (Å²) in [6.07, 6.45) is 3.92. The fourth-order valence-corrected chi connectivity index (χ4v) is 4.04. The minimum atomic E-state index is -0.423. The van der Waals surface area contributed by atoms with Gasteiger partial charge in [-0.15, -0.1) is 6.58 Å². The molecule has 0 saturated carbocycles. The summed E-state index contributed by atoms with van der Waals surface area (Å²) in [7, 11) is 2.98. The Hall–Kier alpha value is -3.52. The van der Waals surface area contributed by atoms with E-state index in [1.165, 1.54) is 23.8 Å². The molecule has 0 unspecified atom stereocenters. The van der Waals surface area contributed by atoms with Crippen molar-refractivity contribution in [3.05, 3.63) is 70.6 Å². The van der Waals surface area contributed by atoms with Gasteiger partial charge in [0.05, 0.1) is 29.9 Å². The number of amidine groups is 1. The summed E-state index contributed by atoms with van der Waals surface area (Å²) in [5.41, 5.74) is 2.43. The maximum Gasteiger partial charge on any atom is 0.337 e. The zero-order valence-corrected chi connectivity index (χ0v) is 18.9. The molecule has 0 aromatic heterocycles. The molecule has 32 heavy (non-hydrogen) atoms. The van der Waals surface area contributed by atoms with Gasteiger partial charge in [-0.3, -0.25) is 9.69 Å². The highest BCUT2D eigenvalue weighted by molar-refractivity contribution is 8.18. The van der Waals surface area contributed by atoms with Crippen molar-refractivity contribution in [2.45, 2.75) is 13.3 Å². The van der Waals surface area contributed by atoms with Crippen molar-refractivity contribution in [1.29, 1.82) is 0 Å². The van der Waals surface area contributed by atoms with Crippen molar-refractivity contribution in [2.24, 2.45) is 4.99 Å². The largest absolute Gasteiger partial charge is 0.504 e. The van der Waals surface area contributed by atoms with Crippen LogP contribution >= 0.6 is 11.8 Å². The summed E-state index contributed by atoms with van der Waals surface area (Å²) in [6, 6.07) is 10.1. The van der Waals surface area contributed by atoms with Gasteiger partial charge in [-0.1, -0.05) is 6.08 Å². The zero-order chi connectivity index (χ0) is 23.3. The third kappa shape index (κ3) is 5.03. The molecule has 0 aliphatic carbocycles. The summed E-state index contributed by atoms with van der Waals surface area (Å²) in [5.74, 6) is -0.166. The summed E-state index contributed by atoms with van der Waals surface area (Å²) in [4.78, 5) is 30.9. The molecule has 1 fully saturated rings. The van der Waals surface area contributed by atoms with E-state index in [9.17, 15) is 14.7 Å². The number of phenols is 1. The monoisotopic (exact) mass is 452 g/mol. The molecule has 3 rings (SSSR count). The number of esters is 1. The lowest BCUT2D eigenvalue weighted by atomic mass is 10.1. The third-order valence-electron chi connectivity index (χ3n) is 4.65. The van der Waals surface area contributed by atoms with Crippen LogP contribution in [0.1, 0.15) is 28.4 Å². The number of benzene rings is 2. The molecule has 1 aliphatic rings. The minimum absolute atomic E-state index is 0.0778. The van der Waals surface area contributed by atoms with Gasteiger partial charge < -0.3 is 14.6 Å². The quantitative estimate of drug-likeness (QED) is 0.377. The SMILES string of the molecule is C=CCc1cc(/C=C2\SC(=Nc3ccc(C(=O)OC)cc3)N(C)C2=O)cc(OCC)c1O. The first-order valence-corrected chi connectivity index (χ1v) is 10.7. The number of thioether (sulfide) groups is 1. The van der Waals surface area contributed by atoms with Crippen LogP contribution in [0.25, 0.3) is 6.08 Å². The van der Waals surface area contributed by atoms with E-state index in [0.29, 0.717) is 45.7 Å². The number of rotatable bonds is 7. The number of phenolic OH excluding ortho intramolecular Hbond substituents is 1. The molecular weight excluding hydrogens is 428 g/mol. The Morgan fingerprint density at radius 1 is 1.28 bits per heavy atom. The average molecular weight is 453 g/mol. The first-order valence-electron chi connectivity index (χ1n) is 9.92. The van der Waals surface area contributed by atoms with E-state index < -0.39 is 5.97 Å². The van der Waals surface area contributed by atoms with E-state index >= 15 is 0 Å². The predicted molar refractivity (Wildman–Crippen MR) is 126 cm³/mol. The van der Waals surface area contributed by atoms with Crippen LogP contribution in [0, 0.1) is 0 Å². The van der Waals surface area contributed by atoms with Gasteiger partial charge in [-0.25, -0.2) is 9.79 Å². The molecule has 0 radical (unpaired) electrons. The summed E-state index contributed by atoms with van der Waals surface area (Å²) < 4.78 is 10.2. The van der Waals surface area contributed by atoms with Gasteiger partial charge in [0.1, 0.15) is 0 Å². The van der Waals surface area contributed by atoms with E-state index in [-0.39, 0.29) is 11.7 Å². The Balaban J connectivity index is 1.90. The molecule has 0 atom stereocenters. The number of carbonyl (C=O) groups excluding carboxylic acids is 2. The van der Waals surface area contributed by atoms with E-state index in [1.807, 2.05) is 6.92 Å². The van der Waals surface area contributed by atoms with Crippen molar-refractivity contribution >= 4 is 40.6 Å². The molecule has 1 heterocycles. The number of amides is 1. The normalized spacial score (nSPS) is 16.0. The van der Waals surface area contributed by atoms with Crippen LogP contribution in [0.4, 0.5) is 5.69 Å². The van der Waals surface area contributed by atoms with Gasteiger partial charge in [-0.05, 0) is 73.1 Å². The van der Waals surface area contributed by atoms with Crippen LogP contribution in [-0.4, -0.2) is 47.8 Å². The fraction of sp³-hybridized carbons (Fsp3) is 0.208. The summed E-state index contributed by atoms with van der Waals surface area (Å²) >= 11 is 1.25. The van der Waals surface area contributed by atoms with Gasteiger partial charge in [0, 0.05) is 12.6 Å². The van der Waals surface area contributed by atoms with Gasteiger partial charge in [0.25, 0.3) is 5.91 Å². The molecule has 166 valence electrons. The third-order valence-corrected chi connectivity index (χ3v) is 5.71. The number of methoxy groups -OCH3 is 1. The number of carbonyl (C=O) groups is 2. The highest BCUT2D eigenvalue weighted by Gasteiger charge is 2.30. The molecule has 1 saturated heterocycles. The Morgan fingerprint density at radius 3 is 2.62 bits per heavy atom. The molecule has 1 amide bonds. The van der Waals surface area contributed by atoms with Gasteiger partial charge in [0.15, 0.2) is 16.7 Å². The molecular formula is C24H24N2O5S. The molecule has 0 spiro atoms. The number of ether oxygens (including phenoxy) is 2. The smallest absolute Gasteiger partial charge is 0.337 e. The van der Waals surface area contributed by atoms with Crippen LogP contribution < -0.4 is 4.74 Å². The van der Waals surface area contributed by atoms with Crippen molar-refractivity contribution in [3.8, 4) is 11.5 Å². The Bertz CT molecular complexity index is 1110. The number of aromatic hydroxyl groups is 1. The number of hydrogen-bond acceptors (Lipinski definition) is 7. The Morgan fingerprint density at radius 2 is 2.00 bits per heavy atom. The minimum Gasteiger partial charge on any atom is -0.504 e. The van der Waals surface area contributed by atoms with Crippen LogP contribution in [0.2, 0.25) is 0 Å². The number of aliphatic imine (C=N–C) groups is 1. The van der Waals surface area contributed by atoms with Gasteiger partial charge in [-0.2, -0.15) is 0 Å². The average Bonchev–Trinajstić information content (AvgIpc) is 3.04. The second-order valence-electron chi connectivity index (χ2n) is 6.86. The number of nitrogens with zero attached hydrogens (tertiary/aromatic N) is 2. The fourth-order valence-electron chi connectivity index (χ4n) is 3.05. The van der Waals surface area contributed by atoms with Crippen molar-refractivity contribution in [2.75, 3.05) is 20.8 Å². The highest BCUT2D eigenvalue weighted by Crippen LogP contribution is 2.37. The molecule has 1 aliphatic heterocycles. The Kier molecular flexibility index (Phi) is 7.37. The van der Waals surface area contributed by atoms with E-state index in [0.717, 1.165) is 5.56 Å². The predicted octanol–water partition coefficient (Wildman–Crippen LogP) is 4.54. The standard InChI is InChI=1S/C24H24N2O5S/c1-5-7-17-12-15(13-19(21(17)27)31-6-2)14-20-22(28)26(3)24(32-20)25-18-10-8-16(9-11-18)23(29)30-4/h5,8-14,27H,1,6-7H2,2-4H3/b20-14-,25-24?. The van der Waals surface area contributed by atoms with E-state index in [2.05, 4.69) is 11.6 Å². The molecule has 2 aromatic carbocycles. The summed E-state index contributed by atoms with van der Waals surface area (Å²) in [6.45, 7) is 5.97. The zero-order valence-electron chi connectivity index (χ0n) is 18.1. The van der Waals surface area contributed by atoms with Crippen LogP contribution in [-0.2, 0) is 16.0 Å². The van der Waals surface area contributed by atoms with Crippen molar-refractivity contribution in [3.63, 3.8) is 0 Å². The number of hydrogen-bond donors (Lipinski definition) is 1. The van der Waals surface area contributed by atoms with Crippen molar-refractivity contribution in [1.82, 2.24) is 4.90 Å². The number of likely N-dealkylation sites (N-methyl/N-ethyl adjacent to an activating group) is 1. The topological polar surface area (TPSA) is 88.4 Å². The highest BCUT2D eigenvalue weighted by atomic mass is 32.2. The first-order chi connectivity index (χ1) is 15.4. The van der Waals surface area contributed by atoms with Crippen molar-refractivity contribution < 1.29 is 24.2 Å². The van der Waals surface area contributed by atoms with E-state index in [4.69, 9.17) is 9.47 Å². The second-order valence-corrected chi connectivity index (χ2v) is 7.87. The van der Waals surface area contributed by atoms with Gasteiger partial charge in [0.2, 0.25) is 0 Å².